The average molecular weight is 275 g/mol. The number of methoxy groups -OCH3 is 1. The topological polar surface area (TPSA) is 74.0 Å². The molecule has 0 radical (unpaired) electrons. The zero-order valence-corrected chi connectivity index (χ0v) is 11.8. The Morgan fingerprint density at radius 2 is 2.35 bits per heavy atom. The Kier molecular flexibility index (Phi) is 2.96. The van der Waals surface area contributed by atoms with Gasteiger partial charge in [0.25, 0.3) is 0 Å². The molecule has 1 atom stereocenters. The van der Waals surface area contributed by atoms with Gasteiger partial charge in [0.2, 0.25) is 0 Å². The summed E-state index contributed by atoms with van der Waals surface area (Å²) < 4.78 is 8.47. The standard InChI is InChI=1S/C13H17N5O2/c1-8-11(13(19)20-3)12-14-5-4-10(18(12)16-8)9-6-15-17(2)7-9/h6-7,10,14H,4-5H2,1-3H3. The molecule has 3 heterocycles. The van der Waals surface area contributed by atoms with Crippen LogP contribution in [-0.2, 0) is 11.8 Å². The summed E-state index contributed by atoms with van der Waals surface area (Å²) >= 11 is 0. The number of esters is 1. The molecule has 2 aromatic rings. The second-order valence-electron chi connectivity index (χ2n) is 4.92. The van der Waals surface area contributed by atoms with Crippen molar-refractivity contribution in [3.63, 3.8) is 0 Å². The van der Waals surface area contributed by atoms with E-state index in [1.165, 1.54) is 7.11 Å². The van der Waals surface area contributed by atoms with Crippen LogP contribution in [0.25, 0.3) is 0 Å². The van der Waals surface area contributed by atoms with Crippen molar-refractivity contribution in [3.8, 4) is 0 Å². The highest BCUT2D eigenvalue weighted by molar-refractivity contribution is 5.96. The Balaban J connectivity index is 2.08. The monoisotopic (exact) mass is 275 g/mol. The van der Waals surface area contributed by atoms with Crippen LogP contribution in [-0.4, -0.2) is 39.2 Å². The number of anilines is 1. The van der Waals surface area contributed by atoms with Crippen molar-refractivity contribution < 1.29 is 9.53 Å². The van der Waals surface area contributed by atoms with Crippen LogP contribution in [0.4, 0.5) is 5.82 Å². The minimum atomic E-state index is -0.358. The molecule has 0 bridgehead atoms. The van der Waals surface area contributed by atoms with E-state index in [0.717, 1.165) is 24.3 Å². The maximum Gasteiger partial charge on any atom is 0.343 e. The van der Waals surface area contributed by atoms with Gasteiger partial charge >= 0.3 is 5.97 Å². The smallest absolute Gasteiger partial charge is 0.343 e. The lowest BCUT2D eigenvalue weighted by Crippen LogP contribution is -2.25. The third-order valence-electron chi connectivity index (χ3n) is 3.59. The molecule has 2 aromatic heterocycles. The predicted octanol–water partition coefficient (Wildman–Crippen LogP) is 1.12. The fraction of sp³-hybridized carbons (Fsp3) is 0.462. The molecule has 1 aliphatic heterocycles. The van der Waals surface area contributed by atoms with Gasteiger partial charge in [0.05, 0.1) is 25.0 Å². The summed E-state index contributed by atoms with van der Waals surface area (Å²) in [7, 11) is 3.27. The lowest BCUT2D eigenvalue weighted by molar-refractivity contribution is 0.0601. The Bertz CT molecular complexity index is 658. The van der Waals surface area contributed by atoms with E-state index in [1.54, 1.807) is 4.68 Å². The van der Waals surface area contributed by atoms with E-state index in [-0.39, 0.29) is 12.0 Å². The van der Waals surface area contributed by atoms with Gasteiger partial charge in [-0.1, -0.05) is 0 Å². The Morgan fingerprint density at radius 3 is 3.00 bits per heavy atom. The predicted molar refractivity (Wildman–Crippen MR) is 72.8 cm³/mol. The summed E-state index contributed by atoms with van der Waals surface area (Å²) in [6, 6.07) is 0.0945. The summed E-state index contributed by atoms with van der Waals surface area (Å²) in [5.41, 5.74) is 2.28. The van der Waals surface area contributed by atoms with Gasteiger partial charge in [-0.3, -0.25) is 4.68 Å². The minimum absolute atomic E-state index is 0.0945. The normalized spacial score (nSPS) is 17.4. The van der Waals surface area contributed by atoms with Gasteiger partial charge in [-0.2, -0.15) is 10.2 Å². The van der Waals surface area contributed by atoms with E-state index in [4.69, 9.17) is 4.74 Å². The highest BCUT2D eigenvalue weighted by Gasteiger charge is 2.30. The molecule has 0 saturated heterocycles. The lowest BCUT2D eigenvalue weighted by atomic mass is 10.1. The number of hydrogen-bond acceptors (Lipinski definition) is 5. The molecule has 0 fully saturated rings. The second kappa shape index (κ2) is 4.66. The number of carbonyl (C=O) groups excluding carboxylic acids is 1. The van der Waals surface area contributed by atoms with Gasteiger partial charge < -0.3 is 10.1 Å². The number of rotatable bonds is 2. The largest absolute Gasteiger partial charge is 0.465 e. The fourth-order valence-corrected chi connectivity index (χ4v) is 2.66. The number of aryl methyl sites for hydroxylation is 2. The van der Waals surface area contributed by atoms with Gasteiger partial charge in [0.1, 0.15) is 11.4 Å². The minimum Gasteiger partial charge on any atom is -0.465 e. The molecule has 0 saturated carbocycles. The number of fused-ring (bicyclic) bond motifs is 1. The van der Waals surface area contributed by atoms with Gasteiger partial charge in [-0.05, 0) is 13.3 Å². The summed E-state index contributed by atoms with van der Waals surface area (Å²) in [4.78, 5) is 11.9. The molecule has 0 aromatic carbocycles. The molecule has 0 spiro atoms. The lowest BCUT2D eigenvalue weighted by Gasteiger charge is -2.25. The van der Waals surface area contributed by atoms with E-state index >= 15 is 0 Å². The van der Waals surface area contributed by atoms with Crippen molar-refractivity contribution in [1.82, 2.24) is 19.6 Å². The molecular formula is C13H17N5O2. The maximum atomic E-state index is 11.9. The first-order chi connectivity index (χ1) is 9.61. The number of nitrogens with zero attached hydrogens (tertiary/aromatic N) is 4. The Hall–Kier alpha value is -2.31. The van der Waals surface area contributed by atoms with Crippen LogP contribution in [0.5, 0.6) is 0 Å². The van der Waals surface area contributed by atoms with Gasteiger partial charge in [-0.25, -0.2) is 9.48 Å². The number of hydrogen-bond donors (Lipinski definition) is 1. The van der Waals surface area contributed by atoms with Crippen molar-refractivity contribution in [1.29, 1.82) is 0 Å². The highest BCUT2D eigenvalue weighted by Crippen LogP contribution is 2.32. The second-order valence-corrected chi connectivity index (χ2v) is 4.92. The van der Waals surface area contributed by atoms with Crippen LogP contribution in [0.15, 0.2) is 12.4 Å². The van der Waals surface area contributed by atoms with Crippen LogP contribution in [0.1, 0.15) is 34.1 Å². The fourth-order valence-electron chi connectivity index (χ4n) is 2.66. The number of aromatic nitrogens is 4. The Labute approximate surface area is 116 Å². The van der Waals surface area contributed by atoms with Gasteiger partial charge in [-0.15, -0.1) is 0 Å². The van der Waals surface area contributed by atoms with E-state index in [1.807, 2.05) is 31.0 Å². The molecule has 7 nitrogen and oxygen atoms in total. The number of nitrogens with one attached hydrogen (secondary N) is 1. The molecule has 20 heavy (non-hydrogen) atoms. The summed E-state index contributed by atoms with van der Waals surface area (Å²) in [5.74, 6) is 0.373. The van der Waals surface area contributed by atoms with E-state index in [2.05, 4.69) is 15.5 Å². The molecule has 1 unspecified atom stereocenters. The summed E-state index contributed by atoms with van der Waals surface area (Å²) in [6.45, 7) is 2.61. The van der Waals surface area contributed by atoms with Crippen molar-refractivity contribution in [2.45, 2.75) is 19.4 Å². The van der Waals surface area contributed by atoms with Crippen molar-refractivity contribution in [3.05, 3.63) is 29.2 Å². The number of carbonyl (C=O) groups is 1. The highest BCUT2D eigenvalue weighted by atomic mass is 16.5. The molecule has 0 amide bonds. The summed E-state index contributed by atoms with van der Waals surface area (Å²) in [5, 5.41) is 12.0. The van der Waals surface area contributed by atoms with Crippen molar-refractivity contribution in [2.24, 2.45) is 7.05 Å². The third-order valence-corrected chi connectivity index (χ3v) is 3.59. The van der Waals surface area contributed by atoms with Crippen LogP contribution < -0.4 is 5.32 Å². The Morgan fingerprint density at radius 1 is 1.55 bits per heavy atom. The first-order valence-electron chi connectivity index (χ1n) is 6.51. The van der Waals surface area contributed by atoms with Gasteiger partial charge in [0, 0.05) is 25.4 Å². The zero-order valence-electron chi connectivity index (χ0n) is 11.8. The van der Waals surface area contributed by atoms with Gasteiger partial charge in [0.15, 0.2) is 0 Å². The SMILES string of the molecule is COC(=O)c1c(C)nn2c1NCCC2c1cnn(C)c1. The van der Waals surface area contributed by atoms with Crippen LogP contribution in [0.3, 0.4) is 0 Å². The molecular weight excluding hydrogens is 258 g/mol. The van der Waals surface area contributed by atoms with E-state index in [0.29, 0.717) is 11.3 Å². The molecule has 106 valence electrons. The zero-order chi connectivity index (χ0) is 14.3. The number of ether oxygens (including phenoxy) is 1. The van der Waals surface area contributed by atoms with Crippen LogP contribution in [0.2, 0.25) is 0 Å². The van der Waals surface area contributed by atoms with Crippen LogP contribution >= 0.6 is 0 Å². The molecule has 7 heteroatoms. The molecule has 1 aliphatic rings. The molecule has 0 aliphatic carbocycles. The first kappa shape index (κ1) is 12.7. The third kappa shape index (κ3) is 1.86. The van der Waals surface area contributed by atoms with Crippen LogP contribution in [0, 0.1) is 6.92 Å². The first-order valence-corrected chi connectivity index (χ1v) is 6.51. The van der Waals surface area contributed by atoms with Crippen molar-refractivity contribution >= 4 is 11.8 Å². The molecule has 3 rings (SSSR count). The quantitative estimate of drug-likeness (QED) is 0.831. The summed E-state index contributed by atoms with van der Waals surface area (Å²) in [6.07, 6.45) is 4.73. The van der Waals surface area contributed by atoms with E-state index < -0.39 is 0 Å². The average Bonchev–Trinajstić information content (AvgIpc) is 3.00. The molecule has 1 N–H and O–H groups in total. The van der Waals surface area contributed by atoms with Crippen molar-refractivity contribution in [2.75, 3.05) is 19.0 Å². The maximum absolute atomic E-state index is 11.9. The van der Waals surface area contributed by atoms with E-state index in [9.17, 15) is 4.79 Å².